The zero-order chi connectivity index (χ0) is 26.0. The van der Waals surface area contributed by atoms with Crippen LogP contribution in [0.15, 0.2) is 70.2 Å². The number of aliphatic hydroxyl groups is 1. The number of hydrogen-bond acceptors (Lipinski definition) is 10. The molecular weight excluding hydrogens is 492 g/mol. The van der Waals surface area contributed by atoms with Crippen molar-refractivity contribution in [2.75, 3.05) is 23.0 Å². The van der Waals surface area contributed by atoms with Crippen molar-refractivity contribution in [2.45, 2.75) is 30.7 Å². The van der Waals surface area contributed by atoms with Crippen LogP contribution < -0.4 is 10.6 Å². The van der Waals surface area contributed by atoms with Crippen molar-refractivity contribution in [2.24, 2.45) is 0 Å². The Morgan fingerprint density at radius 1 is 1.11 bits per heavy atom. The van der Waals surface area contributed by atoms with Crippen molar-refractivity contribution in [1.82, 2.24) is 20.1 Å². The van der Waals surface area contributed by atoms with Gasteiger partial charge in [0, 0.05) is 17.8 Å². The summed E-state index contributed by atoms with van der Waals surface area (Å²) < 4.78 is 30.1. The Balaban J connectivity index is 1.50. The Labute approximate surface area is 214 Å². The van der Waals surface area contributed by atoms with E-state index in [-0.39, 0.29) is 30.1 Å². The molecule has 11 heteroatoms. The summed E-state index contributed by atoms with van der Waals surface area (Å²) in [6.45, 7) is 3.75. The van der Waals surface area contributed by atoms with Gasteiger partial charge in [-0.2, -0.15) is 9.97 Å². The van der Waals surface area contributed by atoms with Crippen molar-refractivity contribution in [3.8, 4) is 11.5 Å². The lowest BCUT2D eigenvalue weighted by atomic mass is 10.1. The number of hydrogen-bond donors (Lipinski definition) is 3. The third kappa shape index (κ3) is 5.23. The van der Waals surface area contributed by atoms with Gasteiger partial charge in [0.15, 0.2) is 15.7 Å². The Bertz CT molecular complexity index is 1550. The molecule has 0 fully saturated rings. The molecule has 5 rings (SSSR count). The first-order chi connectivity index (χ1) is 17.8. The van der Waals surface area contributed by atoms with Gasteiger partial charge in [0.25, 0.3) is 5.89 Å². The van der Waals surface area contributed by atoms with E-state index < -0.39 is 15.9 Å². The number of sulfone groups is 1. The minimum absolute atomic E-state index is 0.00594. The number of nitrogens with zero attached hydrogens (tertiary/aromatic N) is 4. The van der Waals surface area contributed by atoms with Crippen LogP contribution in [0.2, 0.25) is 0 Å². The van der Waals surface area contributed by atoms with Gasteiger partial charge in [0.05, 0.1) is 23.3 Å². The van der Waals surface area contributed by atoms with E-state index in [9.17, 15) is 13.5 Å². The largest absolute Gasteiger partial charge is 0.394 e. The minimum atomic E-state index is -3.32. The zero-order valence-electron chi connectivity index (χ0n) is 20.3. The summed E-state index contributed by atoms with van der Waals surface area (Å²) in [7, 11) is -3.32. The zero-order valence-corrected chi connectivity index (χ0v) is 21.1. The van der Waals surface area contributed by atoms with E-state index in [0.29, 0.717) is 33.4 Å². The normalized spacial score (nSPS) is 14.8. The maximum absolute atomic E-state index is 12.3. The predicted molar refractivity (Wildman–Crippen MR) is 140 cm³/mol. The maximum Gasteiger partial charge on any atom is 0.263 e. The molecule has 1 aliphatic heterocycles. The molecule has 2 aromatic heterocycles. The highest BCUT2D eigenvalue weighted by Crippen LogP contribution is 2.31. The van der Waals surface area contributed by atoms with Crippen LogP contribution in [0.5, 0.6) is 0 Å². The highest BCUT2D eigenvalue weighted by atomic mass is 32.2. The van der Waals surface area contributed by atoms with Crippen LogP contribution in [0.4, 0.5) is 17.5 Å². The number of aliphatic hydroxyl groups excluding tert-OH is 1. The van der Waals surface area contributed by atoms with Crippen LogP contribution in [0, 0.1) is 0 Å². The summed E-state index contributed by atoms with van der Waals surface area (Å²) in [5, 5.41) is 20.6. The van der Waals surface area contributed by atoms with Crippen LogP contribution >= 0.6 is 0 Å². The second-order valence-electron chi connectivity index (χ2n) is 8.92. The van der Waals surface area contributed by atoms with Crippen LogP contribution in [-0.2, 0) is 9.84 Å². The molecule has 3 heterocycles. The average Bonchev–Trinajstić information content (AvgIpc) is 3.38. The van der Waals surface area contributed by atoms with E-state index >= 15 is 0 Å². The van der Waals surface area contributed by atoms with Crippen LogP contribution in [0.3, 0.4) is 0 Å². The number of benzene rings is 2. The van der Waals surface area contributed by atoms with Gasteiger partial charge in [-0.05, 0) is 29.3 Å². The molecule has 2 aromatic carbocycles. The van der Waals surface area contributed by atoms with E-state index in [1.165, 1.54) is 0 Å². The van der Waals surface area contributed by atoms with Crippen molar-refractivity contribution in [1.29, 1.82) is 0 Å². The lowest BCUT2D eigenvalue weighted by Gasteiger charge is -2.19. The molecule has 0 spiro atoms. The molecule has 1 atom stereocenters. The molecule has 1 aliphatic rings. The number of fused-ring (bicyclic) bond motifs is 1. The highest BCUT2D eigenvalue weighted by Gasteiger charge is 2.22. The van der Waals surface area contributed by atoms with Gasteiger partial charge in [-0.3, -0.25) is 0 Å². The average molecular weight is 519 g/mol. The maximum atomic E-state index is 12.3. The molecule has 0 bridgehead atoms. The van der Waals surface area contributed by atoms with Gasteiger partial charge in [-0.15, -0.1) is 0 Å². The molecule has 0 saturated carbocycles. The van der Waals surface area contributed by atoms with E-state index in [1.807, 2.05) is 44.2 Å². The molecule has 0 radical (unpaired) electrons. The molecular formula is C26H26N6O4S. The van der Waals surface area contributed by atoms with E-state index in [2.05, 4.69) is 30.7 Å². The lowest BCUT2D eigenvalue weighted by molar-refractivity contribution is 0.276. The summed E-state index contributed by atoms with van der Waals surface area (Å²) in [5.74, 6) is 1.54. The second kappa shape index (κ2) is 10.1. The predicted octanol–water partition coefficient (Wildman–Crippen LogP) is 4.34. The smallest absolute Gasteiger partial charge is 0.263 e. The first-order valence-corrected chi connectivity index (χ1v) is 13.4. The number of nitrogens with one attached hydrogen (secondary N) is 2. The molecule has 0 amide bonds. The molecule has 0 saturated heterocycles. The van der Waals surface area contributed by atoms with Crippen LogP contribution in [-0.4, -0.2) is 46.0 Å². The molecule has 0 aliphatic carbocycles. The van der Waals surface area contributed by atoms with Gasteiger partial charge in [0.1, 0.15) is 11.4 Å². The summed E-state index contributed by atoms with van der Waals surface area (Å²) in [4.78, 5) is 13.8. The number of rotatable bonds is 8. The molecule has 4 aromatic rings. The van der Waals surface area contributed by atoms with E-state index in [0.717, 1.165) is 5.56 Å². The van der Waals surface area contributed by atoms with Gasteiger partial charge >= 0.3 is 0 Å². The molecule has 10 nitrogen and oxygen atoms in total. The van der Waals surface area contributed by atoms with Gasteiger partial charge in [-0.1, -0.05) is 61.5 Å². The SMILES string of the molecule is CC(C)c1noc(-c2cnc(Nc3ccc4c(c3)C=CCS4(=O)=O)nc2N[C@H](CO)c2ccccc2)n1. The second-order valence-corrected chi connectivity index (χ2v) is 10.9. The Morgan fingerprint density at radius 2 is 1.92 bits per heavy atom. The summed E-state index contributed by atoms with van der Waals surface area (Å²) in [6.07, 6.45) is 4.98. The van der Waals surface area contributed by atoms with Gasteiger partial charge < -0.3 is 20.3 Å². The lowest BCUT2D eigenvalue weighted by Crippen LogP contribution is -2.17. The molecule has 0 unspecified atom stereocenters. The van der Waals surface area contributed by atoms with Gasteiger partial charge in [-0.25, -0.2) is 13.4 Å². The van der Waals surface area contributed by atoms with Crippen molar-refractivity contribution < 1.29 is 18.0 Å². The van der Waals surface area contributed by atoms with Crippen molar-refractivity contribution >= 4 is 33.4 Å². The fourth-order valence-electron chi connectivity index (χ4n) is 3.93. The third-order valence-electron chi connectivity index (χ3n) is 5.89. The highest BCUT2D eigenvalue weighted by molar-refractivity contribution is 7.91. The fourth-order valence-corrected chi connectivity index (χ4v) is 5.22. The number of aromatic nitrogens is 4. The van der Waals surface area contributed by atoms with E-state index in [4.69, 9.17) is 4.52 Å². The molecule has 37 heavy (non-hydrogen) atoms. The minimum Gasteiger partial charge on any atom is -0.394 e. The Kier molecular flexibility index (Phi) is 6.72. The van der Waals surface area contributed by atoms with Crippen molar-refractivity contribution in [3.63, 3.8) is 0 Å². The molecule has 190 valence electrons. The molecule has 3 N–H and O–H groups in total. The van der Waals surface area contributed by atoms with Gasteiger partial charge in [0.2, 0.25) is 5.95 Å². The van der Waals surface area contributed by atoms with E-state index in [1.54, 1.807) is 36.5 Å². The number of anilines is 3. The first-order valence-electron chi connectivity index (χ1n) is 11.8. The summed E-state index contributed by atoms with van der Waals surface area (Å²) in [5.41, 5.74) is 2.59. The Morgan fingerprint density at radius 3 is 2.65 bits per heavy atom. The monoisotopic (exact) mass is 518 g/mol. The Hall–Kier alpha value is -4.09. The third-order valence-corrected chi connectivity index (χ3v) is 7.56. The topological polar surface area (TPSA) is 143 Å². The summed E-state index contributed by atoms with van der Waals surface area (Å²) >= 11 is 0. The van der Waals surface area contributed by atoms with Crippen LogP contribution in [0.25, 0.3) is 17.5 Å². The van der Waals surface area contributed by atoms with Crippen molar-refractivity contribution in [3.05, 3.63) is 77.8 Å². The summed E-state index contributed by atoms with van der Waals surface area (Å²) in [6, 6.07) is 14.0. The fraction of sp³-hybridized carbons (Fsp3) is 0.231. The standard InChI is InChI=1S/C26H26N6O4S/c1-16(2)23-30-25(36-32-23)20-14-27-26(31-24(20)29-21(15-33)17-7-4-3-5-8-17)28-19-10-11-22-18(13-19)9-6-12-37(22,34)35/h3-11,13-14,16,21,33H,12,15H2,1-2H3,(H2,27,28,29,31)/t21-/m1/s1. The quantitative estimate of drug-likeness (QED) is 0.308. The first kappa shape index (κ1) is 24.6. The van der Waals surface area contributed by atoms with Crippen LogP contribution in [0.1, 0.15) is 42.8 Å².